The van der Waals surface area contributed by atoms with Crippen molar-refractivity contribution in [3.8, 4) is 0 Å². The Morgan fingerprint density at radius 1 is 1.32 bits per heavy atom. The van der Waals surface area contributed by atoms with E-state index in [-0.39, 0.29) is 33.7 Å². The third-order valence-corrected chi connectivity index (χ3v) is 6.64. The maximum atomic E-state index is 12.9. The largest absolute Gasteiger partial charge is 0.355 e. The Balaban J connectivity index is 2.14. The zero-order chi connectivity index (χ0) is 18.8. The van der Waals surface area contributed by atoms with E-state index in [1.54, 1.807) is 6.07 Å². The molecule has 1 atom stereocenters. The van der Waals surface area contributed by atoms with Gasteiger partial charge >= 0.3 is 0 Å². The molecule has 1 saturated heterocycles. The predicted octanol–water partition coefficient (Wildman–Crippen LogP) is 3.56. The summed E-state index contributed by atoms with van der Waals surface area (Å²) in [5.41, 5.74) is -0.0234. The van der Waals surface area contributed by atoms with Crippen LogP contribution in [0.3, 0.4) is 0 Å². The normalized spacial score (nSPS) is 19.6. The minimum atomic E-state index is -3.79. The lowest BCUT2D eigenvalue weighted by atomic mass is 9.95. The Morgan fingerprint density at radius 2 is 2.00 bits per heavy atom. The van der Waals surface area contributed by atoms with Crippen LogP contribution in [0.5, 0.6) is 0 Å². The summed E-state index contributed by atoms with van der Waals surface area (Å²) in [6.45, 7) is 7.18. The Kier molecular flexibility index (Phi) is 6.41. The van der Waals surface area contributed by atoms with Crippen LogP contribution in [0.4, 0.5) is 0 Å². The third kappa shape index (κ3) is 5.33. The fourth-order valence-electron chi connectivity index (χ4n) is 2.69. The molecule has 25 heavy (non-hydrogen) atoms. The number of sulfonamides is 1. The molecule has 1 heterocycles. The highest BCUT2D eigenvalue weighted by atomic mass is 35.5. The van der Waals surface area contributed by atoms with Gasteiger partial charge in [-0.2, -0.15) is 4.31 Å². The van der Waals surface area contributed by atoms with Gasteiger partial charge in [0.25, 0.3) is 0 Å². The Hall–Kier alpha value is -0.820. The lowest BCUT2D eigenvalue weighted by molar-refractivity contribution is -0.126. The number of nitrogens with one attached hydrogen (secondary N) is 1. The summed E-state index contributed by atoms with van der Waals surface area (Å²) in [6.07, 6.45) is 1.30. The zero-order valence-electron chi connectivity index (χ0n) is 14.7. The predicted molar refractivity (Wildman–Crippen MR) is 100 cm³/mol. The summed E-state index contributed by atoms with van der Waals surface area (Å²) < 4.78 is 27.1. The van der Waals surface area contributed by atoms with Gasteiger partial charge in [0.05, 0.1) is 10.9 Å². The van der Waals surface area contributed by atoms with E-state index in [4.69, 9.17) is 23.2 Å². The highest BCUT2D eigenvalue weighted by molar-refractivity contribution is 7.89. The molecule has 0 aliphatic carbocycles. The second-order valence-corrected chi connectivity index (χ2v) is 10.3. The minimum Gasteiger partial charge on any atom is -0.355 e. The van der Waals surface area contributed by atoms with E-state index in [0.717, 1.165) is 0 Å². The topological polar surface area (TPSA) is 66.5 Å². The van der Waals surface area contributed by atoms with Crippen LogP contribution in [-0.2, 0) is 14.8 Å². The summed E-state index contributed by atoms with van der Waals surface area (Å²) in [6, 6.07) is 4.36. The van der Waals surface area contributed by atoms with Gasteiger partial charge in [0.15, 0.2) is 0 Å². The van der Waals surface area contributed by atoms with Gasteiger partial charge in [-0.1, -0.05) is 44.0 Å². The van der Waals surface area contributed by atoms with Gasteiger partial charge in [-0.15, -0.1) is 0 Å². The van der Waals surface area contributed by atoms with Crippen molar-refractivity contribution in [2.45, 2.75) is 38.5 Å². The van der Waals surface area contributed by atoms with Crippen LogP contribution in [0.1, 0.15) is 33.6 Å². The molecule has 1 aliphatic heterocycles. The summed E-state index contributed by atoms with van der Waals surface area (Å²) in [5.74, 6) is -0.462. The molecule has 8 heteroatoms. The first-order valence-electron chi connectivity index (χ1n) is 8.23. The van der Waals surface area contributed by atoms with E-state index in [2.05, 4.69) is 5.32 Å². The lowest BCUT2D eigenvalue weighted by Crippen LogP contribution is -2.46. The summed E-state index contributed by atoms with van der Waals surface area (Å²) in [4.78, 5) is 12.4. The molecule has 2 rings (SSSR count). The second kappa shape index (κ2) is 7.82. The number of hydrogen-bond acceptors (Lipinski definition) is 3. The van der Waals surface area contributed by atoms with Crippen molar-refractivity contribution in [1.29, 1.82) is 0 Å². The third-order valence-electron chi connectivity index (χ3n) is 4.06. The fraction of sp³-hybridized carbons (Fsp3) is 0.588. The van der Waals surface area contributed by atoms with E-state index in [0.29, 0.717) is 31.0 Å². The quantitative estimate of drug-likeness (QED) is 0.830. The zero-order valence-corrected chi connectivity index (χ0v) is 17.0. The number of rotatable bonds is 4. The number of carbonyl (C=O) groups excluding carboxylic acids is 1. The average molecular weight is 407 g/mol. The molecule has 1 aromatic rings. The van der Waals surface area contributed by atoms with Gasteiger partial charge in [-0.3, -0.25) is 4.79 Å². The van der Waals surface area contributed by atoms with E-state index >= 15 is 0 Å². The summed E-state index contributed by atoms with van der Waals surface area (Å²) >= 11 is 12.0. The second-order valence-electron chi connectivity index (χ2n) is 7.56. The van der Waals surface area contributed by atoms with Gasteiger partial charge in [0, 0.05) is 24.7 Å². The van der Waals surface area contributed by atoms with Crippen molar-refractivity contribution in [1.82, 2.24) is 9.62 Å². The first-order chi connectivity index (χ1) is 11.5. The van der Waals surface area contributed by atoms with E-state index < -0.39 is 10.0 Å². The molecule has 5 nitrogen and oxygen atoms in total. The summed E-state index contributed by atoms with van der Waals surface area (Å²) in [5, 5.41) is 3.35. The van der Waals surface area contributed by atoms with Gasteiger partial charge in [0.1, 0.15) is 4.90 Å². The molecule has 0 aromatic heterocycles. The van der Waals surface area contributed by atoms with Gasteiger partial charge in [-0.25, -0.2) is 8.42 Å². The number of nitrogens with zero attached hydrogens (tertiary/aromatic N) is 1. The monoisotopic (exact) mass is 406 g/mol. The molecule has 1 aromatic carbocycles. The molecular weight excluding hydrogens is 383 g/mol. The van der Waals surface area contributed by atoms with Crippen molar-refractivity contribution in [2.24, 2.45) is 11.3 Å². The maximum absolute atomic E-state index is 12.9. The Bertz CT molecular complexity index is 745. The number of benzene rings is 1. The Labute approximate surface area is 159 Å². The molecule has 0 spiro atoms. The van der Waals surface area contributed by atoms with E-state index in [1.807, 2.05) is 20.8 Å². The van der Waals surface area contributed by atoms with Crippen LogP contribution in [0, 0.1) is 11.3 Å². The minimum absolute atomic E-state index is 0.0163. The average Bonchev–Trinajstić information content (AvgIpc) is 2.54. The smallest absolute Gasteiger partial charge is 0.244 e. The highest BCUT2D eigenvalue weighted by Crippen LogP contribution is 2.30. The van der Waals surface area contributed by atoms with Crippen molar-refractivity contribution in [3.05, 3.63) is 28.2 Å². The molecule has 1 amide bonds. The van der Waals surface area contributed by atoms with Crippen LogP contribution in [-0.4, -0.2) is 38.3 Å². The lowest BCUT2D eigenvalue weighted by Gasteiger charge is -2.32. The highest BCUT2D eigenvalue weighted by Gasteiger charge is 2.34. The van der Waals surface area contributed by atoms with Crippen LogP contribution in [0.25, 0.3) is 0 Å². The van der Waals surface area contributed by atoms with Crippen molar-refractivity contribution in [2.75, 3.05) is 19.6 Å². The molecule has 0 unspecified atom stereocenters. The van der Waals surface area contributed by atoms with Crippen LogP contribution in [0.2, 0.25) is 10.0 Å². The summed E-state index contributed by atoms with van der Waals surface area (Å²) in [7, 11) is -3.79. The molecule has 1 fully saturated rings. The van der Waals surface area contributed by atoms with Crippen LogP contribution >= 0.6 is 23.2 Å². The first kappa shape index (κ1) is 20.5. The number of piperidine rings is 1. The number of hydrogen-bond donors (Lipinski definition) is 1. The van der Waals surface area contributed by atoms with Crippen molar-refractivity contribution >= 4 is 39.1 Å². The standard InChI is InChI=1S/C17H24Cl2N2O3S/c1-17(2,3)11-20-16(22)12-5-4-8-21(10-12)25(23,24)15-9-13(18)6-7-14(15)19/h6-7,9,12H,4-5,8,10-11H2,1-3H3,(H,20,22)/t12-/m0/s1. The Morgan fingerprint density at radius 3 is 2.64 bits per heavy atom. The van der Waals surface area contributed by atoms with Crippen LogP contribution in [0.15, 0.2) is 23.1 Å². The first-order valence-corrected chi connectivity index (χ1v) is 10.4. The number of amides is 1. The van der Waals surface area contributed by atoms with Gasteiger partial charge in [0.2, 0.25) is 15.9 Å². The van der Waals surface area contributed by atoms with Crippen molar-refractivity contribution < 1.29 is 13.2 Å². The SMILES string of the molecule is CC(C)(C)CNC(=O)[C@H]1CCCN(S(=O)(=O)c2cc(Cl)ccc2Cl)C1. The molecule has 140 valence electrons. The van der Waals surface area contributed by atoms with Gasteiger partial charge in [-0.05, 0) is 36.5 Å². The van der Waals surface area contributed by atoms with Crippen molar-refractivity contribution in [3.63, 3.8) is 0 Å². The molecule has 1 aliphatic rings. The van der Waals surface area contributed by atoms with E-state index in [1.165, 1.54) is 16.4 Å². The molecular formula is C17H24Cl2N2O3S. The van der Waals surface area contributed by atoms with E-state index in [9.17, 15) is 13.2 Å². The number of halogens is 2. The van der Waals surface area contributed by atoms with Crippen LogP contribution < -0.4 is 5.32 Å². The molecule has 0 bridgehead atoms. The van der Waals surface area contributed by atoms with Gasteiger partial charge < -0.3 is 5.32 Å². The fourth-order valence-corrected chi connectivity index (χ4v) is 4.95. The molecule has 0 saturated carbocycles. The molecule has 0 radical (unpaired) electrons. The maximum Gasteiger partial charge on any atom is 0.244 e. The molecule has 1 N–H and O–H groups in total. The number of carbonyl (C=O) groups is 1.